The number of carbonyl (C=O) groups excluding carboxylic acids is 1. The molecule has 11 heteroatoms. The van der Waals surface area contributed by atoms with E-state index in [0.29, 0.717) is 30.0 Å². The van der Waals surface area contributed by atoms with E-state index in [9.17, 15) is 18.0 Å². The number of carbonyl (C=O) groups is 1. The van der Waals surface area contributed by atoms with Crippen molar-refractivity contribution in [1.29, 1.82) is 0 Å². The first-order valence-corrected chi connectivity index (χ1v) is 10.2. The summed E-state index contributed by atoms with van der Waals surface area (Å²) in [5.74, 6) is 0.0220. The molecule has 2 aliphatic rings. The normalized spacial score (nSPS) is 18.8. The van der Waals surface area contributed by atoms with Gasteiger partial charge in [-0.25, -0.2) is 14.5 Å². The van der Waals surface area contributed by atoms with Crippen LogP contribution in [0.2, 0.25) is 0 Å². The Morgan fingerprint density at radius 1 is 1.22 bits per heavy atom. The van der Waals surface area contributed by atoms with Crippen molar-refractivity contribution >= 4 is 11.4 Å². The first-order chi connectivity index (χ1) is 15.4. The second-order valence-corrected chi connectivity index (χ2v) is 8.08. The quantitative estimate of drug-likeness (QED) is 0.522. The Morgan fingerprint density at radius 2 is 2.06 bits per heavy atom. The fraction of sp³-hybridized carbons (Fsp3) is 0.333. The molecule has 0 spiro atoms. The number of fused-ring (bicyclic) bond motifs is 2. The van der Waals surface area contributed by atoms with E-state index in [2.05, 4.69) is 20.1 Å². The Labute approximate surface area is 179 Å². The lowest BCUT2D eigenvalue weighted by Gasteiger charge is -2.33. The molecule has 8 nitrogen and oxygen atoms in total. The second kappa shape index (κ2) is 6.68. The van der Waals surface area contributed by atoms with Crippen molar-refractivity contribution in [1.82, 2.24) is 29.5 Å². The molecule has 1 atom stereocenters. The van der Waals surface area contributed by atoms with E-state index < -0.39 is 17.8 Å². The molecule has 0 saturated heterocycles. The zero-order chi connectivity index (χ0) is 22.0. The van der Waals surface area contributed by atoms with Crippen molar-refractivity contribution in [3.05, 3.63) is 71.2 Å². The highest BCUT2D eigenvalue weighted by Gasteiger charge is 2.41. The summed E-state index contributed by atoms with van der Waals surface area (Å²) in [7, 11) is 0. The minimum atomic E-state index is -4.53. The molecule has 5 heterocycles. The number of H-pyrrole nitrogens is 1. The summed E-state index contributed by atoms with van der Waals surface area (Å²) in [5.41, 5.74) is 1.46. The van der Waals surface area contributed by atoms with Crippen LogP contribution in [0.5, 0.6) is 0 Å². The van der Waals surface area contributed by atoms with Gasteiger partial charge in [0, 0.05) is 30.8 Å². The van der Waals surface area contributed by atoms with E-state index in [1.165, 1.54) is 35.6 Å². The highest BCUT2D eigenvalue weighted by Crippen LogP contribution is 2.42. The maximum Gasteiger partial charge on any atom is 0.418 e. The van der Waals surface area contributed by atoms with E-state index in [-0.39, 0.29) is 23.1 Å². The molecule has 0 bridgehead atoms. The Morgan fingerprint density at radius 3 is 2.84 bits per heavy atom. The van der Waals surface area contributed by atoms with E-state index >= 15 is 0 Å². The van der Waals surface area contributed by atoms with E-state index in [1.807, 2.05) is 0 Å². The van der Waals surface area contributed by atoms with Gasteiger partial charge in [0.05, 0.1) is 34.5 Å². The van der Waals surface area contributed by atoms with E-state index in [0.717, 1.165) is 24.6 Å². The van der Waals surface area contributed by atoms with Crippen LogP contribution in [-0.4, -0.2) is 41.9 Å². The molecule has 1 aliphatic heterocycles. The van der Waals surface area contributed by atoms with Gasteiger partial charge in [-0.15, -0.1) is 0 Å². The second-order valence-electron chi connectivity index (χ2n) is 8.08. The van der Waals surface area contributed by atoms with Gasteiger partial charge in [0.1, 0.15) is 6.04 Å². The van der Waals surface area contributed by atoms with Crippen molar-refractivity contribution in [3.63, 3.8) is 0 Å². The molecule has 164 valence electrons. The van der Waals surface area contributed by atoms with Gasteiger partial charge in [0.25, 0.3) is 5.91 Å². The van der Waals surface area contributed by atoms with Gasteiger partial charge in [0.15, 0.2) is 6.39 Å². The van der Waals surface area contributed by atoms with Crippen LogP contribution in [0.4, 0.5) is 13.2 Å². The molecule has 1 aliphatic carbocycles. The third-order valence-corrected chi connectivity index (χ3v) is 6.05. The summed E-state index contributed by atoms with van der Waals surface area (Å²) in [6, 6.07) is 2.93. The number of hydrogen-bond donors (Lipinski definition) is 1. The van der Waals surface area contributed by atoms with Crippen LogP contribution < -0.4 is 0 Å². The number of nitrogens with zero attached hydrogens (tertiary/aromatic N) is 5. The van der Waals surface area contributed by atoms with Gasteiger partial charge in [-0.3, -0.25) is 4.79 Å². The van der Waals surface area contributed by atoms with Gasteiger partial charge in [0.2, 0.25) is 5.76 Å². The Balaban J connectivity index is 1.47. The molecular weight excluding hydrogens is 425 g/mol. The molecule has 1 saturated carbocycles. The van der Waals surface area contributed by atoms with Crippen molar-refractivity contribution in [2.45, 2.75) is 37.4 Å². The Kier molecular flexibility index (Phi) is 3.99. The molecule has 32 heavy (non-hydrogen) atoms. The lowest BCUT2D eigenvalue weighted by atomic mass is 9.98. The summed E-state index contributed by atoms with van der Waals surface area (Å²) in [6.07, 6.45) is 2.14. The predicted molar refractivity (Wildman–Crippen MR) is 104 cm³/mol. The first kappa shape index (κ1) is 19.1. The van der Waals surface area contributed by atoms with Gasteiger partial charge in [-0.1, -0.05) is 0 Å². The number of aromatic amines is 1. The number of rotatable bonds is 3. The number of imidazole rings is 1. The third-order valence-electron chi connectivity index (χ3n) is 6.05. The third kappa shape index (κ3) is 2.91. The van der Waals surface area contributed by atoms with Crippen LogP contribution >= 0.6 is 0 Å². The van der Waals surface area contributed by atoms with Gasteiger partial charge in [-0.2, -0.15) is 18.3 Å². The average Bonchev–Trinajstić information content (AvgIpc) is 3.18. The molecule has 4 aromatic heterocycles. The lowest BCUT2D eigenvalue weighted by molar-refractivity contribution is -0.136. The lowest BCUT2D eigenvalue weighted by Crippen LogP contribution is -2.41. The SMILES string of the molecule is O=C(c1ocnc1C1CC1)N1CCc2[nH]cnc2C1c1cc2c(C(F)(F)F)cccn2n1. The van der Waals surface area contributed by atoms with Gasteiger partial charge >= 0.3 is 6.18 Å². The number of nitrogens with one attached hydrogen (secondary N) is 1. The van der Waals surface area contributed by atoms with E-state index in [4.69, 9.17) is 4.42 Å². The topological polar surface area (TPSA) is 92.3 Å². The number of oxazole rings is 1. The maximum absolute atomic E-state index is 13.5. The predicted octanol–water partition coefficient (Wildman–Crippen LogP) is 3.73. The van der Waals surface area contributed by atoms with Crippen LogP contribution in [0, 0.1) is 0 Å². The number of amides is 1. The van der Waals surface area contributed by atoms with Crippen LogP contribution in [-0.2, 0) is 12.6 Å². The molecule has 1 unspecified atom stereocenters. The summed E-state index contributed by atoms with van der Waals surface area (Å²) >= 11 is 0. The van der Waals surface area contributed by atoms with Gasteiger partial charge < -0.3 is 14.3 Å². The van der Waals surface area contributed by atoms with Crippen molar-refractivity contribution < 1.29 is 22.4 Å². The van der Waals surface area contributed by atoms with Crippen molar-refractivity contribution in [3.8, 4) is 0 Å². The molecule has 1 fully saturated rings. The number of aromatic nitrogens is 5. The summed E-state index contributed by atoms with van der Waals surface area (Å²) < 4.78 is 47.2. The number of halogens is 3. The number of alkyl halides is 3. The van der Waals surface area contributed by atoms with Crippen LogP contribution in [0.3, 0.4) is 0 Å². The summed E-state index contributed by atoms with van der Waals surface area (Å²) in [5, 5.41) is 4.40. The molecule has 0 aromatic carbocycles. The fourth-order valence-electron chi connectivity index (χ4n) is 4.40. The van der Waals surface area contributed by atoms with Crippen molar-refractivity contribution in [2.24, 2.45) is 0 Å². The molecule has 1 amide bonds. The summed E-state index contributed by atoms with van der Waals surface area (Å²) in [6.45, 7) is 0.337. The smallest absolute Gasteiger partial charge is 0.418 e. The average molecular weight is 442 g/mol. The summed E-state index contributed by atoms with van der Waals surface area (Å²) in [4.78, 5) is 26.7. The molecule has 1 N–H and O–H groups in total. The van der Waals surface area contributed by atoms with Crippen LogP contribution in [0.15, 0.2) is 41.5 Å². The molecular formula is C21H17F3N6O2. The Hall–Kier alpha value is -3.63. The minimum Gasteiger partial charge on any atom is -0.438 e. The standard InChI is InChI=1S/C21H17F3N6O2/c22-21(23,24)12-2-1-6-30-15(12)8-14(28-30)18-17-13(25-9-26-17)5-7-29(18)20(31)19-16(11-3-4-11)27-10-32-19/h1-2,6,8-11,18H,3-5,7H2,(H,25,26). The van der Waals surface area contributed by atoms with Crippen molar-refractivity contribution in [2.75, 3.05) is 6.54 Å². The number of pyridine rings is 1. The highest BCUT2D eigenvalue weighted by molar-refractivity contribution is 5.93. The highest BCUT2D eigenvalue weighted by atomic mass is 19.4. The Bertz CT molecular complexity index is 1330. The minimum absolute atomic E-state index is 0.0802. The zero-order valence-corrected chi connectivity index (χ0v) is 16.6. The van der Waals surface area contributed by atoms with Gasteiger partial charge in [-0.05, 0) is 31.0 Å². The maximum atomic E-state index is 13.5. The molecule has 4 aromatic rings. The largest absolute Gasteiger partial charge is 0.438 e. The monoisotopic (exact) mass is 442 g/mol. The number of hydrogen-bond acceptors (Lipinski definition) is 5. The fourth-order valence-corrected chi connectivity index (χ4v) is 4.40. The first-order valence-electron chi connectivity index (χ1n) is 10.2. The zero-order valence-electron chi connectivity index (χ0n) is 16.6. The van der Waals surface area contributed by atoms with Crippen LogP contribution in [0.25, 0.3) is 5.52 Å². The molecule has 6 rings (SSSR count). The van der Waals surface area contributed by atoms with Crippen LogP contribution in [0.1, 0.15) is 63.7 Å². The van der Waals surface area contributed by atoms with E-state index in [1.54, 1.807) is 4.90 Å². The molecule has 0 radical (unpaired) electrons.